The Balaban J connectivity index is 1.92. The predicted octanol–water partition coefficient (Wildman–Crippen LogP) is 5.48. The van der Waals surface area contributed by atoms with Crippen molar-refractivity contribution in [2.24, 2.45) is 5.41 Å². The number of benzene rings is 2. The lowest BCUT2D eigenvalue weighted by atomic mass is 9.74. The fraction of sp³-hybridized carbons (Fsp3) is 0.440. The normalized spacial score (nSPS) is 23.1. The molecule has 0 N–H and O–H groups in total. The Kier molecular flexibility index (Phi) is 6.02. The summed E-state index contributed by atoms with van der Waals surface area (Å²) in [5.74, 6) is -0.0585. The van der Waals surface area contributed by atoms with Gasteiger partial charge in [-0.25, -0.2) is 0 Å². The highest BCUT2D eigenvalue weighted by atomic mass is 16.6. The quantitative estimate of drug-likeness (QED) is 0.402. The van der Waals surface area contributed by atoms with E-state index >= 15 is 0 Å². The first-order valence-electron chi connectivity index (χ1n) is 10.2. The summed E-state index contributed by atoms with van der Waals surface area (Å²) in [5, 5.41) is 0. The van der Waals surface area contributed by atoms with Crippen molar-refractivity contribution in [1.29, 1.82) is 0 Å². The van der Waals surface area contributed by atoms with Crippen molar-refractivity contribution in [2.75, 3.05) is 0 Å². The van der Waals surface area contributed by atoms with E-state index < -0.39 is 11.0 Å². The SMILES string of the molecule is CC(C)(C)OC(=O)[C@]1(Cc2ccccc2)CC[C@@H](c2ccccc2)CCC1=O. The average Bonchev–Trinajstić information content (AvgIpc) is 2.82. The molecule has 28 heavy (non-hydrogen) atoms. The van der Waals surface area contributed by atoms with Crippen LogP contribution in [0.25, 0.3) is 0 Å². The summed E-state index contributed by atoms with van der Waals surface area (Å²) < 4.78 is 5.76. The predicted molar refractivity (Wildman–Crippen MR) is 111 cm³/mol. The van der Waals surface area contributed by atoms with E-state index in [0.29, 0.717) is 25.2 Å². The maximum Gasteiger partial charge on any atom is 0.320 e. The van der Waals surface area contributed by atoms with Crippen molar-refractivity contribution in [3.05, 3.63) is 71.8 Å². The van der Waals surface area contributed by atoms with Crippen molar-refractivity contribution in [3.8, 4) is 0 Å². The van der Waals surface area contributed by atoms with E-state index in [-0.39, 0.29) is 11.8 Å². The van der Waals surface area contributed by atoms with Gasteiger partial charge in [-0.3, -0.25) is 9.59 Å². The molecule has 2 aromatic carbocycles. The zero-order chi connectivity index (χ0) is 20.2. The van der Waals surface area contributed by atoms with E-state index in [2.05, 4.69) is 12.1 Å². The summed E-state index contributed by atoms with van der Waals surface area (Å²) in [7, 11) is 0. The van der Waals surface area contributed by atoms with E-state index in [1.807, 2.05) is 69.3 Å². The van der Waals surface area contributed by atoms with Gasteiger partial charge in [-0.05, 0) is 63.5 Å². The number of esters is 1. The zero-order valence-corrected chi connectivity index (χ0v) is 17.1. The van der Waals surface area contributed by atoms with Crippen molar-refractivity contribution in [1.82, 2.24) is 0 Å². The van der Waals surface area contributed by atoms with Crippen LogP contribution in [0.4, 0.5) is 0 Å². The Labute approximate surface area is 168 Å². The lowest BCUT2D eigenvalue weighted by Crippen LogP contribution is -2.44. The summed E-state index contributed by atoms with van der Waals surface area (Å²) in [6.45, 7) is 5.57. The molecule has 1 aliphatic rings. The molecule has 2 atom stereocenters. The van der Waals surface area contributed by atoms with Crippen LogP contribution in [0, 0.1) is 5.41 Å². The molecule has 0 aromatic heterocycles. The number of rotatable bonds is 4. The summed E-state index contributed by atoms with van der Waals surface area (Å²) in [6.07, 6.45) is 2.92. The van der Waals surface area contributed by atoms with Crippen LogP contribution in [0.3, 0.4) is 0 Å². The van der Waals surface area contributed by atoms with Crippen LogP contribution in [-0.4, -0.2) is 17.4 Å². The lowest BCUT2D eigenvalue weighted by Gasteiger charge is -2.33. The molecule has 3 rings (SSSR count). The van der Waals surface area contributed by atoms with Crippen molar-refractivity contribution in [3.63, 3.8) is 0 Å². The van der Waals surface area contributed by atoms with Gasteiger partial charge in [-0.2, -0.15) is 0 Å². The van der Waals surface area contributed by atoms with Crippen LogP contribution in [0.1, 0.15) is 63.5 Å². The zero-order valence-electron chi connectivity index (χ0n) is 17.1. The van der Waals surface area contributed by atoms with Crippen molar-refractivity contribution < 1.29 is 14.3 Å². The molecule has 0 heterocycles. The maximum atomic E-state index is 13.3. The molecule has 0 bridgehead atoms. The summed E-state index contributed by atoms with van der Waals surface area (Å²) >= 11 is 0. The third-order valence-electron chi connectivity index (χ3n) is 5.58. The highest BCUT2D eigenvalue weighted by Gasteiger charge is 2.49. The first-order chi connectivity index (χ1) is 13.3. The second-order valence-electron chi connectivity index (χ2n) is 8.85. The van der Waals surface area contributed by atoms with Gasteiger partial charge >= 0.3 is 5.97 Å². The number of ketones is 1. The van der Waals surface area contributed by atoms with Crippen LogP contribution in [0.15, 0.2) is 60.7 Å². The molecule has 0 amide bonds. The molecule has 0 aliphatic heterocycles. The Morgan fingerprint density at radius 1 is 1.00 bits per heavy atom. The van der Waals surface area contributed by atoms with Gasteiger partial charge in [-0.1, -0.05) is 60.7 Å². The molecule has 2 aromatic rings. The molecule has 1 fully saturated rings. The first-order valence-corrected chi connectivity index (χ1v) is 10.2. The number of ether oxygens (including phenoxy) is 1. The highest BCUT2D eigenvalue weighted by molar-refractivity contribution is 6.04. The minimum Gasteiger partial charge on any atom is -0.459 e. The van der Waals surface area contributed by atoms with Gasteiger partial charge in [0.1, 0.15) is 11.0 Å². The molecule has 1 aliphatic carbocycles. The number of hydrogen-bond acceptors (Lipinski definition) is 3. The number of hydrogen-bond donors (Lipinski definition) is 0. The lowest BCUT2D eigenvalue weighted by molar-refractivity contribution is -0.171. The molecule has 3 heteroatoms. The number of Topliss-reactive ketones (excluding diaryl/α,β-unsaturated/α-hetero) is 1. The average molecular weight is 379 g/mol. The highest BCUT2D eigenvalue weighted by Crippen LogP contribution is 2.42. The van der Waals surface area contributed by atoms with Crippen LogP contribution in [-0.2, 0) is 20.7 Å². The van der Waals surface area contributed by atoms with Gasteiger partial charge in [0, 0.05) is 6.42 Å². The standard InChI is InChI=1S/C25H30O3/c1-24(2,3)28-23(27)25(18-19-10-6-4-7-11-19)17-16-21(14-15-22(25)26)20-12-8-5-9-13-20/h4-13,21H,14-18H2,1-3H3/t21-,25-/m0/s1. The van der Waals surface area contributed by atoms with Gasteiger partial charge in [0.2, 0.25) is 0 Å². The first kappa shape index (κ1) is 20.3. The van der Waals surface area contributed by atoms with Crippen LogP contribution in [0.2, 0.25) is 0 Å². The monoisotopic (exact) mass is 378 g/mol. The van der Waals surface area contributed by atoms with E-state index in [9.17, 15) is 9.59 Å². The van der Waals surface area contributed by atoms with Gasteiger partial charge in [0.15, 0.2) is 5.78 Å². The van der Waals surface area contributed by atoms with Crippen LogP contribution >= 0.6 is 0 Å². The molecule has 0 spiro atoms. The Morgan fingerprint density at radius 3 is 2.21 bits per heavy atom. The molecule has 0 unspecified atom stereocenters. The van der Waals surface area contributed by atoms with E-state index in [4.69, 9.17) is 4.74 Å². The van der Waals surface area contributed by atoms with Crippen molar-refractivity contribution in [2.45, 2.75) is 64.4 Å². The molecule has 148 valence electrons. The Morgan fingerprint density at radius 2 is 1.61 bits per heavy atom. The van der Waals surface area contributed by atoms with E-state index in [0.717, 1.165) is 18.4 Å². The topological polar surface area (TPSA) is 43.4 Å². The minimum absolute atomic E-state index is 0.0176. The van der Waals surface area contributed by atoms with Gasteiger partial charge in [-0.15, -0.1) is 0 Å². The molecule has 0 radical (unpaired) electrons. The largest absolute Gasteiger partial charge is 0.459 e. The summed E-state index contributed by atoms with van der Waals surface area (Å²) in [6, 6.07) is 20.1. The van der Waals surface area contributed by atoms with E-state index in [1.165, 1.54) is 5.56 Å². The fourth-order valence-electron chi connectivity index (χ4n) is 4.10. The van der Waals surface area contributed by atoms with E-state index in [1.54, 1.807) is 0 Å². The second kappa shape index (κ2) is 8.30. The summed E-state index contributed by atoms with van der Waals surface area (Å²) in [4.78, 5) is 26.6. The fourth-order valence-corrected chi connectivity index (χ4v) is 4.10. The molecular formula is C25H30O3. The second-order valence-corrected chi connectivity index (χ2v) is 8.85. The number of carbonyl (C=O) groups excluding carboxylic acids is 2. The Bertz CT molecular complexity index is 805. The Hall–Kier alpha value is -2.42. The third kappa shape index (κ3) is 4.70. The molecule has 3 nitrogen and oxygen atoms in total. The molecule has 1 saturated carbocycles. The van der Waals surface area contributed by atoms with Crippen LogP contribution in [0.5, 0.6) is 0 Å². The number of carbonyl (C=O) groups is 2. The maximum absolute atomic E-state index is 13.3. The third-order valence-corrected chi connectivity index (χ3v) is 5.58. The van der Waals surface area contributed by atoms with Crippen molar-refractivity contribution >= 4 is 11.8 Å². The molecule has 0 saturated heterocycles. The smallest absolute Gasteiger partial charge is 0.320 e. The van der Waals surface area contributed by atoms with Gasteiger partial charge in [0.25, 0.3) is 0 Å². The minimum atomic E-state index is -1.10. The van der Waals surface area contributed by atoms with Gasteiger partial charge in [0.05, 0.1) is 0 Å². The van der Waals surface area contributed by atoms with Crippen LogP contribution < -0.4 is 0 Å². The molecular weight excluding hydrogens is 348 g/mol. The summed E-state index contributed by atoms with van der Waals surface area (Å²) in [5.41, 5.74) is 0.527. The van der Waals surface area contributed by atoms with Gasteiger partial charge < -0.3 is 4.74 Å².